The van der Waals surface area contributed by atoms with Crippen LogP contribution < -0.4 is 0 Å². The first-order chi connectivity index (χ1) is 11.7. The molecule has 0 aromatic heterocycles. The number of aliphatic imine (C=N–C) groups is 1. The summed E-state index contributed by atoms with van der Waals surface area (Å²) in [6.45, 7) is 5.06. The van der Waals surface area contributed by atoms with Crippen LogP contribution in [-0.2, 0) is 4.74 Å². The lowest BCUT2D eigenvalue weighted by Crippen LogP contribution is -2.17. The Kier molecular flexibility index (Phi) is 9.20. The molecule has 0 unspecified atom stereocenters. The van der Waals surface area contributed by atoms with E-state index in [2.05, 4.69) is 18.8 Å². The topological polar surface area (TPSA) is 21.6 Å². The van der Waals surface area contributed by atoms with Crippen molar-refractivity contribution in [1.29, 1.82) is 0 Å². The number of rotatable bonds is 13. The summed E-state index contributed by atoms with van der Waals surface area (Å²) in [4.78, 5) is 4.62. The van der Waals surface area contributed by atoms with Crippen molar-refractivity contribution in [3.63, 3.8) is 0 Å². The maximum absolute atomic E-state index is 5.64. The molecule has 0 aromatic carbocycles. The molecule has 1 fully saturated rings. The Morgan fingerprint density at radius 3 is 1.92 bits per heavy atom. The summed E-state index contributed by atoms with van der Waals surface area (Å²) in [6, 6.07) is 0. The van der Waals surface area contributed by atoms with Gasteiger partial charge in [0.2, 0.25) is 0 Å². The molecule has 0 bridgehead atoms. The fraction of sp³-hybridized carbons (Fsp3) is 0.955. The lowest BCUT2D eigenvalue weighted by atomic mass is 9.99. The van der Waals surface area contributed by atoms with Crippen LogP contribution in [0.15, 0.2) is 4.99 Å². The lowest BCUT2D eigenvalue weighted by molar-refractivity contribution is 0.273. The maximum atomic E-state index is 5.64. The van der Waals surface area contributed by atoms with E-state index >= 15 is 0 Å². The van der Waals surface area contributed by atoms with Crippen molar-refractivity contribution < 1.29 is 4.74 Å². The molecule has 0 saturated heterocycles. The lowest BCUT2D eigenvalue weighted by Gasteiger charge is -2.08. The van der Waals surface area contributed by atoms with E-state index in [4.69, 9.17) is 4.74 Å². The number of ether oxygens (including phenoxy) is 1. The van der Waals surface area contributed by atoms with Gasteiger partial charge in [0.1, 0.15) is 6.61 Å². The Balaban J connectivity index is 1.29. The molecule has 1 heterocycles. The molecule has 2 nitrogen and oxygen atoms in total. The van der Waals surface area contributed by atoms with Gasteiger partial charge in [0, 0.05) is 6.42 Å². The zero-order valence-corrected chi connectivity index (χ0v) is 16.5. The van der Waals surface area contributed by atoms with Gasteiger partial charge in [-0.2, -0.15) is 0 Å². The van der Waals surface area contributed by atoms with E-state index in [1.165, 1.54) is 96.3 Å². The summed E-state index contributed by atoms with van der Waals surface area (Å²) in [5, 5.41) is 0. The van der Waals surface area contributed by atoms with Gasteiger partial charge in [0.15, 0.2) is 5.90 Å². The average Bonchev–Trinajstić information content (AvgIpc) is 3.18. The van der Waals surface area contributed by atoms with Crippen molar-refractivity contribution in [3.8, 4) is 0 Å². The molecule has 0 radical (unpaired) electrons. The fourth-order valence-electron chi connectivity index (χ4n) is 4.21. The van der Waals surface area contributed by atoms with E-state index < -0.39 is 0 Å². The molecule has 2 aliphatic rings. The van der Waals surface area contributed by atoms with Crippen LogP contribution in [0.3, 0.4) is 0 Å². The molecule has 2 heteroatoms. The first-order valence-electron chi connectivity index (χ1n) is 10.9. The Morgan fingerprint density at radius 2 is 1.38 bits per heavy atom. The maximum Gasteiger partial charge on any atom is 0.183 e. The molecule has 1 aliphatic heterocycles. The van der Waals surface area contributed by atoms with Gasteiger partial charge in [0.25, 0.3) is 0 Å². The van der Waals surface area contributed by atoms with Gasteiger partial charge in [-0.3, -0.25) is 0 Å². The van der Waals surface area contributed by atoms with E-state index in [0.717, 1.165) is 24.8 Å². The molecule has 0 aromatic rings. The third kappa shape index (κ3) is 8.53. The van der Waals surface area contributed by atoms with Crippen LogP contribution in [0.5, 0.6) is 0 Å². The third-order valence-corrected chi connectivity index (χ3v) is 5.75. The minimum Gasteiger partial charge on any atom is -0.478 e. The van der Waals surface area contributed by atoms with Gasteiger partial charge in [-0.05, 0) is 26.2 Å². The normalized spacial score (nSPS) is 20.3. The molecule has 1 saturated carbocycles. The van der Waals surface area contributed by atoms with Crippen molar-refractivity contribution in [3.05, 3.63) is 0 Å². The van der Waals surface area contributed by atoms with Gasteiger partial charge < -0.3 is 4.74 Å². The Hall–Kier alpha value is -0.530. The molecule has 0 amide bonds. The second-order valence-corrected chi connectivity index (χ2v) is 8.83. The van der Waals surface area contributed by atoms with Crippen molar-refractivity contribution in [1.82, 2.24) is 0 Å². The Morgan fingerprint density at radius 1 is 0.833 bits per heavy atom. The van der Waals surface area contributed by atoms with Crippen LogP contribution >= 0.6 is 0 Å². The molecule has 2 rings (SSSR count). The molecule has 0 atom stereocenters. The van der Waals surface area contributed by atoms with Crippen molar-refractivity contribution in [2.45, 2.75) is 122 Å². The highest BCUT2D eigenvalue weighted by Crippen LogP contribution is 2.29. The third-order valence-electron chi connectivity index (χ3n) is 5.75. The van der Waals surface area contributed by atoms with E-state index in [1.54, 1.807) is 0 Å². The minimum absolute atomic E-state index is 0.0203. The molecule has 0 N–H and O–H groups in total. The zero-order chi connectivity index (χ0) is 17.1. The minimum atomic E-state index is 0.0203. The van der Waals surface area contributed by atoms with Gasteiger partial charge in [0.05, 0.1) is 5.54 Å². The predicted molar refractivity (Wildman–Crippen MR) is 105 cm³/mol. The molecule has 0 spiro atoms. The van der Waals surface area contributed by atoms with Gasteiger partial charge in [-0.25, -0.2) is 4.99 Å². The zero-order valence-electron chi connectivity index (χ0n) is 16.5. The number of hydrogen-bond acceptors (Lipinski definition) is 2. The van der Waals surface area contributed by atoms with Crippen molar-refractivity contribution in [2.24, 2.45) is 10.9 Å². The first kappa shape index (κ1) is 19.8. The quantitative estimate of drug-likeness (QED) is 0.330. The van der Waals surface area contributed by atoms with Crippen LogP contribution in [0.2, 0.25) is 0 Å². The standard InChI is InChI=1S/C22H41NO/c1-22(2)19-24-21(23-22)18-12-10-8-6-4-3-5-7-9-11-15-20-16-13-14-17-20/h20H,3-19H2,1-2H3. The van der Waals surface area contributed by atoms with E-state index in [9.17, 15) is 0 Å². The summed E-state index contributed by atoms with van der Waals surface area (Å²) < 4.78 is 5.64. The number of nitrogens with zero attached hydrogens (tertiary/aromatic N) is 1. The largest absolute Gasteiger partial charge is 0.478 e. The Labute approximate surface area is 150 Å². The van der Waals surface area contributed by atoms with Crippen LogP contribution in [0.25, 0.3) is 0 Å². The van der Waals surface area contributed by atoms with Gasteiger partial charge >= 0.3 is 0 Å². The van der Waals surface area contributed by atoms with Crippen molar-refractivity contribution in [2.75, 3.05) is 6.61 Å². The molecule has 1 aliphatic carbocycles. The van der Waals surface area contributed by atoms with E-state index in [0.29, 0.717) is 0 Å². The smallest absolute Gasteiger partial charge is 0.183 e. The average molecular weight is 336 g/mol. The molecular formula is C22H41NO. The molecule has 24 heavy (non-hydrogen) atoms. The van der Waals surface area contributed by atoms with Crippen molar-refractivity contribution >= 4 is 5.90 Å². The molecule has 140 valence electrons. The van der Waals surface area contributed by atoms with Crippen LogP contribution in [-0.4, -0.2) is 18.0 Å². The SMILES string of the molecule is CC1(C)COC(CCCCCCCCCCCCC2CCCC2)=N1. The number of hydrogen-bond donors (Lipinski definition) is 0. The number of unbranched alkanes of at least 4 members (excludes halogenated alkanes) is 9. The van der Waals surface area contributed by atoms with E-state index in [-0.39, 0.29) is 5.54 Å². The second-order valence-electron chi connectivity index (χ2n) is 8.83. The highest BCUT2D eigenvalue weighted by Gasteiger charge is 2.25. The predicted octanol–water partition coefficient (Wildman–Crippen LogP) is 7.07. The first-order valence-corrected chi connectivity index (χ1v) is 10.9. The van der Waals surface area contributed by atoms with Crippen LogP contribution in [0, 0.1) is 5.92 Å². The Bertz CT molecular complexity index is 355. The fourth-order valence-corrected chi connectivity index (χ4v) is 4.21. The highest BCUT2D eigenvalue weighted by molar-refractivity contribution is 5.78. The second kappa shape index (κ2) is 11.2. The van der Waals surface area contributed by atoms with Gasteiger partial charge in [-0.1, -0.05) is 89.9 Å². The summed E-state index contributed by atoms with van der Waals surface area (Å²) >= 11 is 0. The summed E-state index contributed by atoms with van der Waals surface area (Å²) in [6.07, 6.45) is 22.8. The van der Waals surface area contributed by atoms with E-state index in [1.807, 2.05) is 0 Å². The summed E-state index contributed by atoms with van der Waals surface area (Å²) in [5.74, 6) is 2.09. The van der Waals surface area contributed by atoms with Crippen LogP contribution in [0.1, 0.15) is 117 Å². The van der Waals surface area contributed by atoms with Crippen LogP contribution in [0.4, 0.5) is 0 Å². The molecular weight excluding hydrogens is 294 g/mol. The van der Waals surface area contributed by atoms with Gasteiger partial charge in [-0.15, -0.1) is 0 Å². The highest BCUT2D eigenvalue weighted by atomic mass is 16.5. The summed E-state index contributed by atoms with van der Waals surface area (Å²) in [7, 11) is 0. The monoisotopic (exact) mass is 335 g/mol. The summed E-state index contributed by atoms with van der Waals surface area (Å²) in [5.41, 5.74) is 0.0203.